The number of methoxy groups -OCH3 is 1. The van der Waals surface area contributed by atoms with E-state index in [0.29, 0.717) is 35.3 Å². The fraction of sp³-hybridized carbons (Fsp3) is 0.308. The first-order valence-corrected chi connectivity index (χ1v) is 11.2. The molecule has 9 nitrogen and oxygen atoms in total. The van der Waals surface area contributed by atoms with Crippen molar-refractivity contribution in [1.29, 1.82) is 0 Å². The average Bonchev–Trinajstić information content (AvgIpc) is 3.66. The highest BCUT2D eigenvalue weighted by Crippen LogP contribution is 2.40. The van der Waals surface area contributed by atoms with E-state index < -0.39 is 23.5 Å². The summed E-state index contributed by atoms with van der Waals surface area (Å²) in [6, 6.07) is 15.3. The molecular formula is C26H27N3O6. The third kappa shape index (κ3) is 5.41. The van der Waals surface area contributed by atoms with E-state index in [-0.39, 0.29) is 18.6 Å². The summed E-state index contributed by atoms with van der Waals surface area (Å²) in [5.74, 6) is -1.20. The fourth-order valence-corrected chi connectivity index (χ4v) is 3.82. The Hall–Kier alpha value is -3.98. The van der Waals surface area contributed by atoms with Gasteiger partial charge in [-0.15, -0.1) is 0 Å². The molecule has 0 spiro atoms. The predicted octanol–water partition coefficient (Wildman–Crippen LogP) is 2.32. The van der Waals surface area contributed by atoms with Crippen molar-refractivity contribution in [1.82, 2.24) is 15.1 Å². The molecule has 0 bridgehead atoms. The number of carbonyl (C=O) groups excluding carboxylic acids is 1. The normalized spacial score (nSPS) is 14.7. The van der Waals surface area contributed by atoms with Crippen molar-refractivity contribution in [3.63, 3.8) is 0 Å². The molecule has 35 heavy (non-hydrogen) atoms. The Bertz CT molecular complexity index is 1270. The Labute approximate surface area is 202 Å². The van der Waals surface area contributed by atoms with Gasteiger partial charge in [-0.25, -0.2) is 9.48 Å². The van der Waals surface area contributed by atoms with Crippen LogP contribution in [-0.2, 0) is 34.4 Å². The third-order valence-corrected chi connectivity index (χ3v) is 6.08. The van der Waals surface area contributed by atoms with Crippen LogP contribution in [0.4, 0.5) is 0 Å². The van der Waals surface area contributed by atoms with Crippen LogP contribution in [0.5, 0.6) is 5.75 Å². The van der Waals surface area contributed by atoms with Crippen molar-refractivity contribution < 1.29 is 24.2 Å². The molecule has 1 aliphatic carbocycles. The molecular weight excluding hydrogens is 450 g/mol. The van der Waals surface area contributed by atoms with Gasteiger partial charge in [0.25, 0.3) is 11.5 Å². The van der Waals surface area contributed by atoms with Crippen LogP contribution in [0.25, 0.3) is 11.1 Å². The SMILES string of the molecule is COc1cnn(C)c(=O)c1-c1ccc(C[C@H](NC(=O)C2(OCc3ccccc3)CC2)C(=O)O)cc1. The molecule has 1 aromatic heterocycles. The second-order valence-corrected chi connectivity index (χ2v) is 8.55. The van der Waals surface area contributed by atoms with Crippen molar-refractivity contribution in [2.45, 2.75) is 37.5 Å². The number of benzene rings is 2. The quantitative estimate of drug-likeness (QED) is 0.460. The van der Waals surface area contributed by atoms with E-state index in [2.05, 4.69) is 10.4 Å². The average molecular weight is 478 g/mol. The van der Waals surface area contributed by atoms with Crippen molar-refractivity contribution in [2.24, 2.45) is 7.05 Å². The lowest BCUT2D eigenvalue weighted by molar-refractivity contribution is -0.146. The topological polar surface area (TPSA) is 120 Å². The highest BCUT2D eigenvalue weighted by atomic mass is 16.5. The van der Waals surface area contributed by atoms with Crippen LogP contribution >= 0.6 is 0 Å². The van der Waals surface area contributed by atoms with Crippen LogP contribution in [-0.4, -0.2) is 45.5 Å². The first-order valence-electron chi connectivity index (χ1n) is 11.2. The zero-order valence-corrected chi connectivity index (χ0v) is 19.6. The number of ether oxygens (including phenoxy) is 2. The van der Waals surface area contributed by atoms with Crippen molar-refractivity contribution >= 4 is 11.9 Å². The number of nitrogens with one attached hydrogen (secondary N) is 1. The molecule has 2 N–H and O–H groups in total. The van der Waals surface area contributed by atoms with E-state index in [1.165, 1.54) is 18.0 Å². The van der Waals surface area contributed by atoms with E-state index in [4.69, 9.17) is 9.47 Å². The number of nitrogens with zero attached hydrogens (tertiary/aromatic N) is 2. The van der Waals surface area contributed by atoms with Gasteiger partial charge >= 0.3 is 5.97 Å². The lowest BCUT2D eigenvalue weighted by Gasteiger charge is -2.20. The van der Waals surface area contributed by atoms with Gasteiger partial charge in [0.1, 0.15) is 11.6 Å². The lowest BCUT2D eigenvalue weighted by atomic mass is 10.0. The summed E-state index contributed by atoms with van der Waals surface area (Å²) in [7, 11) is 3.01. The van der Waals surface area contributed by atoms with Gasteiger partial charge in [0.05, 0.1) is 25.5 Å². The summed E-state index contributed by atoms with van der Waals surface area (Å²) in [6.45, 7) is 0.283. The minimum atomic E-state index is -1.13. The molecule has 1 fully saturated rings. The Morgan fingerprint density at radius 1 is 1.11 bits per heavy atom. The number of amides is 1. The molecule has 4 rings (SSSR count). The maximum absolute atomic E-state index is 12.9. The van der Waals surface area contributed by atoms with Crippen LogP contribution in [0.2, 0.25) is 0 Å². The first kappa shape index (κ1) is 24.2. The standard InChI is InChI=1S/C26H27N3O6/c1-29-23(30)22(21(34-2)15-27-29)19-10-8-17(9-11-19)14-20(24(31)32)28-25(33)26(12-13-26)35-16-18-6-4-3-5-7-18/h3-11,15,20H,12-14,16H2,1-2H3,(H,28,33)(H,31,32)/t20-/m0/s1. The van der Waals surface area contributed by atoms with Gasteiger partial charge in [0, 0.05) is 13.5 Å². The molecule has 1 aliphatic rings. The molecule has 182 valence electrons. The fourth-order valence-electron chi connectivity index (χ4n) is 3.82. The van der Waals surface area contributed by atoms with Crippen LogP contribution in [0, 0.1) is 0 Å². The molecule has 0 saturated heterocycles. The van der Waals surface area contributed by atoms with E-state index in [9.17, 15) is 19.5 Å². The Morgan fingerprint density at radius 3 is 2.40 bits per heavy atom. The molecule has 3 aromatic rings. The summed E-state index contributed by atoms with van der Waals surface area (Å²) >= 11 is 0. The zero-order valence-electron chi connectivity index (χ0n) is 19.6. The number of rotatable bonds is 10. The molecule has 1 amide bonds. The Kier molecular flexibility index (Phi) is 6.97. The Morgan fingerprint density at radius 2 is 1.80 bits per heavy atom. The van der Waals surface area contributed by atoms with Crippen molar-refractivity contribution in [2.75, 3.05) is 7.11 Å². The van der Waals surface area contributed by atoms with Gasteiger partial charge in [-0.05, 0) is 29.5 Å². The van der Waals surface area contributed by atoms with Gasteiger partial charge < -0.3 is 19.9 Å². The molecule has 1 atom stereocenters. The number of aryl methyl sites for hydroxylation is 1. The smallest absolute Gasteiger partial charge is 0.326 e. The molecule has 1 saturated carbocycles. The minimum Gasteiger partial charge on any atom is -0.494 e. The molecule has 0 radical (unpaired) electrons. The summed E-state index contributed by atoms with van der Waals surface area (Å²) in [4.78, 5) is 37.3. The second-order valence-electron chi connectivity index (χ2n) is 8.55. The number of aliphatic carboxylic acids is 1. The van der Waals surface area contributed by atoms with Gasteiger partial charge in [-0.3, -0.25) is 9.59 Å². The molecule has 2 aromatic carbocycles. The molecule has 0 aliphatic heterocycles. The monoisotopic (exact) mass is 477 g/mol. The highest BCUT2D eigenvalue weighted by molar-refractivity contribution is 5.91. The van der Waals surface area contributed by atoms with Crippen LogP contribution in [0.15, 0.2) is 65.6 Å². The van der Waals surface area contributed by atoms with Crippen LogP contribution in [0.1, 0.15) is 24.0 Å². The number of carbonyl (C=O) groups is 2. The predicted molar refractivity (Wildman–Crippen MR) is 128 cm³/mol. The van der Waals surface area contributed by atoms with Gasteiger partial charge in [-0.2, -0.15) is 5.10 Å². The number of hydrogen-bond donors (Lipinski definition) is 2. The number of carboxylic acid groups (broad SMARTS) is 1. The number of carboxylic acids is 1. The van der Waals surface area contributed by atoms with Crippen LogP contribution in [0.3, 0.4) is 0 Å². The Balaban J connectivity index is 1.44. The van der Waals surface area contributed by atoms with E-state index in [1.54, 1.807) is 31.3 Å². The van der Waals surface area contributed by atoms with Gasteiger partial charge in [0.2, 0.25) is 0 Å². The summed E-state index contributed by atoms with van der Waals surface area (Å²) in [5, 5.41) is 16.3. The maximum atomic E-state index is 12.9. The lowest BCUT2D eigenvalue weighted by Crippen LogP contribution is -2.48. The van der Waals surface area contributed by atoms with E-state index >= 15 is 0 Å². The van der Waals surface area contributed by atoms with Crippen molar-refractivity contribution in [3.8, 4) is 16.9 Å². The van der Waals surface area contributed by atoms with E-state index in [1.807, 2.05) is 30.3 Å². The molecule has 0 unspecified atom stereocenters. The molecule has 1 heterocycles. The summed E-state index contributed by atoms with van der Waals surface area (Å²) in [5.41, 5.74) is 1.34. The maximum Gasteiger partial charge on any atom is 0.326 e. The minimum absolute atomic E-state index is 0.0849. The number of hydrogen-bond acceptors (Lipinski definition) is 6. The van der Waals surface area contributed by atoms with Gasteiger partial charge in [0.15, 0.2) is 5.75 Å². The van der Waals surface area contributed by atoms with Crippen LogP contribution < -0.4 is 15.6 Å². The van der Waals surface area contributed by atoms with Gasteiger partial charge in [-0.1, -0.05) is 54.6 Å². The van der Waals surface area contributed by atoms with E-state index in [0.717, 1.165) is 5.56 Å². The second kappa shape index (κ2) is 10.1. The zero-order chi connectivity index (χ0) is 25.0. The third-order valence-electron chi connectivity index (χ3n) is 6.08. The largest absolute Gasteiger partial charge is 0.494 e. The first-order chi connectivity index (χ1) is 16.8. The summed E-state index contributed by atoms with van der Waals surface area (Å²) in [6.07, 6.45) is 2.65. The van der Waals surface area contributed by atoms with Crippen molar-refractivity contribution in [3.05, 3.63) is 82.3 Å². The number of aromatic nitrogens is 2. The summed E-state index contributed by atoms with van der Waals surface area (Å²) < 4.78 is 12.4. The molecule has 9 heteroatoms. The highest BCUT2D eigenvalue weighted by Gasteiger charge is 2.52.